The monoisotopic (exact) mass is 245 g/mol. The molecule has 0 aromatic heterocycles. The van der Waals surface area contributed by atoms with E-state index in [1.165, 1.54) is 0 Å². The van der Waals surface area contributed by atoms with Gasteiger partial charge in [-0.05, 0) is 24.6 Å². The van der Waals surface area contributed by atoms with Gasteiger partial charge in [0.15, 0.2) is 0 Å². The Morgan fingerprint density at radius 1 is 1.40 bits per heavy atom. The zero-order valence-electron chi connectivity index (χ0n) is 8.52. The van der Waals surface area contributed by atoms with Crippen LogP contribution in [-0.2, 0) is 4.79 Å². The van der Waals surface area contributed by atoms with Crippen molar-refractivity contribution in [3.63, 3.8) is 0 Å². The third kappa shape index (κ3) is 4.10. The highest BCUT2D eigenvalue weighted by Gasteiger charge is 2.05. The molecule has 0 fully saturated rings. The largest absolute Gasteiger partial charge is 0.325 e. The van der Waals surface area contributed by atoms with E-state index in [1.54, 1.807) is 18.2 Å². The molecule has 0 atom stereocenters. The highest BCUT2D eigenvalue weighted by atomic mass is 35.5. The summed E-state index contributed by atoms with van der Waals surface area (Å²) in [5.41, 5.74) is 0.613. The van der Waals surface area contributed by atoms with Crippen LogP contribution in [-0.4, -0.2) is 5.91 Å². The first-order chi connectivity index (χ1) is 7.13. The Bertz CT molecular complexity index is 352. The highest BCUT2D eigenvalue weighted by Crippen LogP contribution is 2.25. The summed E-state index contributed by atoms with van der Waals surface area (Å²) < 4.78 is 0. The first kappa shape index (κ1) is 12.3. The van der Waals surface area contributed by atoms with Crippen molar-refractivity contribution in [1.82, 2.24) is 0 Å². The number of carbonyl (C=O) groups is 1. The molecule has 15 heavy (non-hydrogen) atoms. The van der Waals surface area contributed by atoms with E-state index in [0.717, 1.165) is 12.8 Å². The van der Waals surface area contributed by atoms with Crippen molar-refractivity contribution in [3.05, 3.63) is 28.2 Å². The maximum absolute atomic E-state index is 11.4. The van der Waals surface area contributed by atoms with Crippen LogP contribution in [0.15, 0.2) is 18.2 Å². The molecule has 0 aliphatic carbocycles. The number of carbonyl (C=O) groups excluding carboxylic acids is 1. The number of unbranched alkanes of at least 4 members (excludes halogenated alkanes) is 1. The Morgan fingerprint density at radius 3 is 2.73 bits per heavy atom. The van der Waals surface area contributed by atoms with E-state index in [0.29, 0.717) is 22.2 Å². The van der Waals surface area contributed by atoms with Crippen LogP contribution in [0.5, 0.6) is 0 Å². The van der Waals surface area contributed by atoms with Crippen LogP contribution < -0.4 is 5.32 Å². The molecule has 1 N–H and O–H groups in total. The van der Waals surface area contributed by atoms with Crippen molar-refractivity contribution in [1.29, 1.82) is 0 Å². The van der Waals surface area contributed by atoms with Gasteiger partial charge in [0.25, 0.3) is 0 Å². The quantitative estimate of drug-likeness (QED) is 0.850. The maximum atomic E-state index is 11.4. The second kappa shape index (κ2) is 5.99. The van der Waals surface area contributed by atoms with Gasteiger partial charge in [0.1, 0.15) is 0 Å². The van der Waals surface area contributed by atoms with Crippen molar-refractivity contribution in [2.24, 2.45) is 0 Å². The Morgan fingerprint density at radius 2 is 2.13 bits per heavy atom. The second-order valence-corrected chi connectivity index (χ2v) is 4.12. The van der Waals surface area contributed by atoms with Gasteiger partial charge >= 0.3 is 0 Å². The maximum Gasteiger partial charge on any atom is 0.224 e. The number of benzene rings is 1. The summed E-state index contributed by atoms with van der Waals surface area (Å²) in [6, 6.07) is 5.01. The lowest BCUT2D eigenvalue weighted by molar-refractivity contribution is -0.116. The molecule has 0 spiro atoms. The predicted octanol–water partition coefficient (Wildman–Crippen LogP) is 4.12. The third-order valence-corrected chi connectivity index (χ3v) is 2.51. The molecule has 1 amide bonds. The van der Waals surface area contributed by atoms with Gasteiger partial charge in [0.05, 0.1) is 10.7 Å². The Hall–Kier alpha value is -0.730. The molecule has 0 aliphatic rings. The van der Waals surface area contributed by atoms with Crippen molar-refractivity contribution in [3.8, 4) is 0 Å². The van der Waals surface area contributed by atoms with E-state index < -0.39 is 0 Å². The summed E-state index contributed by atoms with van der Waals surface area (Å²) in [6.45, 7) is 2.04. The summed E-state index contributed by atoms with van der Waals surface area (Å²) in [5, 5.41) is 3.77. The molecular weight excluding hydrogens is 233 g/mol. The highest BCUT2D eigenvalue weighted by molar-refractivity contribution is 6.36. The fourth-order valence-electron chi connectivity index (χ4n) is 1.14. The lowest BCUT2D eigenvalue weighted by Gasteiger charge is -2.06. The summed E-state index contributed by atoms with van der Waals surface area (Å²) in [5.74, 6) is -0.0129. The van der Waals surface area contributed by atoms with Crippen LogP contribution in [0, 0.1) is 0 Å². The fourth-order valence-corrected chi connectivity index (χ4v) is 1.60. The van der Waals surface area contributed by atoms with Crippen molar-refractivity contribution < 1.29 is 4.79 Å². The molecule has 1 aromatic rings. The number of rotatable bonds is 4. The molecule has 82 valence electrons. The number of anilines is 1. The Kier molecular flexibility index (Phi) is 4.92. The molecule has 4 heteroatoms. The molecule has 1 aromatic carbocycles. The van der Waals surface area contributed by atoms with Gasteiger partial charge in [0.2, 0.25) is 5.91 Å². The van der Waals surface area contributed by atoms with Gasteiger partial charge < -0.3 is 5.32 Å². The Labute approximate surface area is 99.6 Å². The van der Waals surface area contributed by atoms with E-state index in [1.807, 2.05) is 6.92 Å². The minimum absolute atomic E-state index is 0.0129. The van der Waals surface area contributed by atoms with E-state index in [9.17, 15) is 4.79 Å². The lowest BCUT2D eigenvalue weighted by atomic mass is 10.2. The molecule has 0 radical (unpaired) electrons. The molecular formula is C11H13Cl2NO. The van der Waals surface area contributed by atoms with E-state index >= 15 is 0 Å². The van der Waals surface area contributed by atoms with Crippen LogP contribution in [0.1, 0.15) is 26.2 Å². The summed E-state index contributed by atoms with van der Waals surface area (Å²) in [7, 11) is 0. The minimum atomic E-state index is -0.0129. The van der Waals surface area contributed by atoms with Crippen LogP contribution >= 0.6 is 23.2 Å². The molecule has 1 rings (SSSR count). The van der Waals surface area contributed by atoms with Crippen LogP contribution in [0.4, 0.5) is 5.69 Å². The molecule has 0 aliphatic heterocycles. The van der Waals surface area contributed by atoms with E-state index in [2.05, 4.69) is 5.32 Å². The zero-order chi connectivity index (χ0) is 11.3. The standard InChI is InChI=1S/C11H13Cl2NO/c1-2-3-4-11(15)14-10-6-5-8(12)7-9(10)13/h5-7H,2-4H2,1H3,(H,14,15). The van der Waals surface area contributed by atoms with Gasteiger partial charge in [-0.25, -0.2) is 0 Å². The number of hydrogen-bond acceptors (Lipinski definition) is 1. The normalized spacial score (nSPS) is 10.1. The first-order valence-electron chi connectivity index (χ1n) is 4.88. The van der Waals surface area contributed by atoms with E-state index in [-0.39, 0.29) is 5.91 Å². The van der Waals surface area contributed by atoms with Crippen LogP contribution in [0.3, 0.4) is 0 Å². The molecule has 0 heterocycles. The van der Waals surface area contributed by atoms with Crippen molar-refractivity contribution >= 4 is 34.8 Å². The SMILES string of the molecule is CCCCC(=O)Nc1ccc(Cl)cc1Cl. The summed E-state index contributed by atoms with van der Waals surface area (Å²) in [4.78, 5) is 11.4. The average molecular weight is 246 g/mol. The van der Waals surface area contributed by atoms with Crippen molar-refractivity contribution in [2.45, 2.75) is 26.2 Å². The molecule has 0 saturated carbocycles. The topological polar surface area (TPSA) is 29.1 Å². The van der Waals surface area contributed by atoms with Gasteiger partial charge in [-0.15, -0.1) is 0 Å². The van der Waals surface area contributed by atoms with Crippen LogP contribution in [0.25, 0.3) is 0 Å². The molecule has 0 saturated heterocycles. The second-order valence-electron chi connectivity index (χ2n) is 3.28. The number of hydrogen-bond donors (Lipinski definition) is 1. The van der Waals surface area contributed by atoms with E-state index in [4.69, 9.17) is 23.2 Å². The summed E-state index contributed by atoms with van der Waals surface area (Å²) >= 11 is 11.6. The third-order valence-electron chi connectivity index (χ3n) is 1.96. The Balaban J connectivity index is 2.60. The van der Waals surface area contributed by atoms with Gasteiger partial charge in [0, 0.05) is 11.4 Å². The first-order valence-corrected chi connectivity index (χ1v) is 5.64. The van der Waals surface area contributed by atoms with Crippen LogP contribution in [0.2, 0.25) is 10.0 Å². The smallest absolute Gasteiger partial charge is 0.224 e. The minimum Gasteiger partial charge on any atom is -0.325 e. The zero-order valence-corrected chi connectivity index (χ0v) is 10.0. The van der Waals surface area contributed by atoms with Crippen molar-refractivity contribution in [2.75, 3.05) is 5.32 Å². The average Bonchev–Trinajstić information content (AvgIpc) is 2.19. The molecule has 0 unspecified atom stereocenters. The van der Waals surface area contributed by atoms with Gasteiger partial charge in [-0.2, -0.15) is 0 Å². The fraction of sp³-hybridized carbons (Fsp3) is 0.364. The molecule has 0 bridgehead atoms. The molecule has 2 nitrogen and oxygen atoms in total. The number of nitrogens with one attached hydrogen (secondary N) is 1. The van der Waals surface area contributed by atoms with Gasteiger partial charge in [-0.3, -0.25) is 4.79 Å². The predicted molar refractivity (Wildman–Crippen MR) is 64.6 cm³/mol. The lowest BCUT2D eigenvalue weighted by Crippen LogP contribution is -2.11. The number of amides is 1. The van der Waals surface area contributed by atoms with Gasteiger partial charge in [-0.1, -0.05) is 36.5 Å². The summed E-state index contributed by atoms with van der Waals surface area (Å²) in [6.07, 6.45) is 2.41. The number of halogens is 2.